The van der Waals surface area contributed by atoms with Crippen molar-refractivity contribution in [1.29, 1.82) is 0 Å². The van der Waals surface area contributed by atoms with Crippen LogP contribution in [0.25, 0.3) is 0 Å². The van der Waals surface area contributed by atoms with Crippen molar-refractivity contribution in [3.63, 3.8) is 0 Å². The second-order valence-electron chi connectivity index (χ2n) is 5.32. The Bertz CT molecular complexity index is 443. The van der Waals surface area contributed by atoms with Gasteiger partial charge in [-0.15, -0.1) is 0 Å². The van der Waals surface area contributed by atoms with Gasteiger partial charge in [-0.25, -0.2) is 0 Å². The summed E-state index contributed by atoms with van der Waals surface area (Å²) in [5, 5.41) is 0. The molecule has 1 rings (SSSR count). The molecule has 106 valence electrons. The lowest BCUT2D eigenvalue weighted by Gasteiger charge is -2.18. The third-order valence-electron chi connectivity index (χ3n) is 3.43. The molecule has 0 aliphatic carbocycles. The summed E-state index contributed by atoms with van der Waals surface area (Å²) in [4.78, 5) is 0. The number of allylic oxidation sites excluding steroid dienone is 2. The Morgan fingerprint density at radius 3 is 2.32 bits per heavy atom. The molecule has 1 atom stereocenters. The monoisotopic (exact) mass is 262 g/mol. The Hall–Kier alpha value is -1.44. The first kappa shape index (κ1) is 15.6. The molecule has 0 aliphatic rings. The van der Waals surface area contributed by atoms with Gasteiger partial charge in [-0.2, -0.15) is 0 Å². The van der Waals surface area contributed by atoms with E-state index in [1.807, 2.05) is 6.92 Å². The quantitative estimate of drug-likeness (QED) is 0.681. The third kappa shape index (κ3) is 4.30. The molecule has 0 aromatic heterocycles. The van der Waals surface area contributed by atoms with E-state index in [1.54, 1.807) is 14.2 Å². The lowest BCUT2D eigenvalue weighted by molar-refractivity contribution is 0.393. The number of aryl methyl sites for hydroxylation is 1. The molecule has 0 radical (unpaired) electrons. The van der Waals surface area contributed by atoms with Gasteiger partial charge in [0.05, 0.1) is 14.2 Å². The van der Waals surface area contributed by atoms with Crippen molar-refractivity contribution in [2.45, 2.75) is 46.5 Å². The zero-order chi connectivity index (χ0) is 14.4. The Morgan fingerprint density at radius 1 is 1.16 bits per heavy atom. The molecule has 0 saturated carbocycles. The maximum Gasteiger partial charge on any atom is 0.122 e. The predicted octanol–water partition coefficient (Wildman–Crippen LogP) is 4.86. The SMILES string of the molecule is COc1cc(C(C)CCC=C(C)C)c(OC)cc1C. The highest BCUT2D eigenvalue weighted by Crippen LogP contribution is 2.35. The fourth-order valence-electron chi connectivity index (χ4n) is 2.24. The molecule has 0 N–H and O–H groups in total. The van der Waals surface area contributed by atoms with Crippen molar-refractivity contribution in [3.8, 4) is 11.5 Å². The number of benzene rings is 1. The van der Waals surface area contributed by atoms with E-state index in [9.17, 15) is 0 Å². The minimum atomic E-state index is 0.458. The van der Waals surface area contributed by atoms with Crippen molar-refractivity contribution in [2.75, 3.05) is 14.2 Å². The molecule has 0 heterocycles. The Morgan fingerprint density at radius 2 is 1.79 bits per heavy atom. The van der Waals surface area contributed by atoms with Gasteiger partial charge >= 0.3 is 0 Å². The summed E-state index contributed by atoms with van der Waals surface area (Å²) in [6.45, 7) is 8.56. The highest BCUT2D eigenvalue weighted by atomic mass is 16.5. The third-order valence-corrected chi connectivity index (χ3v) is 3.43. The van der Waals surface area contributed by atoms with Gasteiger partial charge in [0, 0.05) is 5.56 Å². The summed E-state index contributed by atoms with van der Waals surface area (Å²) in [5.74, 6) is 2.35. The van der Waals surface area contributed by atoms with E-state index in [-0.39, 0.29) is 0 Å². The van der Waals surface area contributed by atoms with Gasteiger partial charge < -0.3 is 9.47 Å². The minimum absolute atomic E-state index is 0.458. The zero-order valence-corrected chi connectivity index (χ0v) is 13.0. The highest BCUT2D eigenvalue weighted by Gasteiger charge is 2.14. The summed E-state index contributed by atoms with van der Waals surface area (Å²) < 4.78 is 10.9. The Labute approximate surface area is 117 Å². The molecular weight excluding hydrogens is 236 g/mol. The van der Waals surface area contributed by atoms with E-state index in [1.165, 1.54) is 11.1 Å². The van der Waals surface area contributed by atoms with Crippen molar-refractivity contribution in [2.24, 2.45) is 0 Å². The molecule has 1 aromatic carbocycles. The standard InChI is InChI=1S/C17H26O2/c1-12(2)8-7-9-13(3)15-11-16(18-5)14(4)10-17(15)19-6/h8,10-11,13H,7,9H2,1-6H3. The second-order valence-corrected chi connectivity index (χ2v) is 5.32. The molecule has 2 nitrogen and oxygen atoms in total. The van der Waals surface area contributed by atoms with Crippen LogP contribution >= 0.6 is 0 Å². The van der Waals surface area contributed by atoms with Gasteiger partial charge in [-0.1, -0.05) is 18.6 Å². The number of hydrogen-bond acceptors (Lipinski definition) is 2. The van der Waals surface area contributed by atoms with Gasteiger partial charge in [-0.3, -0.25) is 0 Å². The molecule has 0 aliphatic heterocycles. The number of rotatable bonds is 6. The van der Waals surface area contributed by atoms with E-state index in [2.05, 4.69) is 39.0 Å². The minimum Gasteiger partial charge on any atom is -0.496 e. The summed E-state index contributed by atoms with van der Waals surface area (Å²) in [6, 6.07) is 4.17. The van der Waals surface area contributed by atoms with Crippen LogP contribution in [0.15, 0.2) is 23.8 Å². The molecule has 2 heteroatoms. The first-order valence-corrected chi connectivity index (χ1v) is 6.85. The number of hydrogen-bond donors (Lipinski definition) is 0. The molecule has 19 heavy (non-hydrogen) atoms. The fourth-order valence-corrected chi connectivity index (χ4v) is 2.24. The maximum atomic E-state index is 5.50. The van der Waals surface area contributed by atoms with Crippen LogP contribution in [0.2, 0.25) is 0 Å². The predicted molar refractivity (Wildman–Crippen MR) is 81.4 cm³/mol. The van der Waals surface area contributed by atoms with Gasteiger partial charge in [-0.05, 0) is 57.2 Å². The molecule has 0 fully saturated rings. The van der Waals surface area contributed by atoms with Crippen molar-refractivity contribution in [3.05, 3.63) is 34.9 Å². The first-order chi connectivity index (χ1) is 8.99. The fraction of sp³-hybridized carbons (Fsp3) is 0.529. The molecule has 0 bridgehead atoms. The largest absolute Gasteiger partial charge is 0.496 e. The molecule has 1 aromatic rings. The smallest absolute Gasteiger partial charge is 0.122 e. The van der Waals surface area contributed by atoms with Crippen LogP contribution < -0.4 is 9.47 Å². The number of ether oxygens (including phenoxy) is 2. The van der Waals surface area contributed by atoms with Crippen LogP contribution in [0.1, 0.15) is 50.7 Å². The zero-order valence-electron chi connectivity index (χ0n) is 13.0. The first-order valence-electron chi connectivity index (χ1n) is 6.85. The van der Waals surface area contributed by atoms with Crippen LogP contribution in [0.5, 0.6) is 11.5 Å². The summed E-state index contributed by atoms with van der Waals surface area (Å²) >= 11 is 0. The van der Waals surface area contributed by atoms with E-state index in [0.29, 0.717) is 5.92 Å². The summed E-state index contributed by atoms with van der Waals surface area (Å²) in [6.07, 6.45) is 4.50. The Kier molecular flexibility index (Phi) is 5.94. The van der Waals surface area contributed by atoms with Gasteiger partial charge in [0.1, 0.15) is 11.5 Å². The van der Waals surface area contributed by atoms with Crippen molar-refractivity contribution in [1.82, 2.24) is 0 Å². The van der Waals surface area contributed by atoms with E-state index < -0.39 is 0 Å². The maximum absolute atomic E-state index is 5.50. The van der Waals surface area contributed by atoms with Crippen molar-refractivity contribution < 1.29 is 9.47 Å². The van der Waals surface area contributed by atoms with Crippen LogP contribution in [-0.4, -0.2) is 14.2 Å². The molecule has 0 amide bonds. The molecule has 0 saturated heterocycles. The van der Waals surface area contributed by atoms with Crippen molar-refractivity contribution >= 4 is 0 Å². The van der Waals surface area contributed by atoms with Crippen LogP contribution in [0.4, 0.5) is 0 Å². The lowest BCUT2D eigenvalue weighted by atomic mass is 9.93. The van der Waals surface area contributed by atoms with Crippen LogP contribution in [0, 0.1) is 6.92 Å². The lowest BCUT2D eigenvalue weighted by Crippen LogP contribution is -2.00. The number of methoxy groups -OCH3 is 2. The Balaban J connectivity index is 2.93. The molecule has 1 unspecified atom stereocenters. The normalized spacial score (nSPS) is 11.9. The van der Waals surface area contributed by atoms with E-state index in [0.717, 1.165) is 29.9 Å². The van der Waals surface area contributed by atoms with Crippen LogP contribution in [-0.2, 0) is 0 Å². The topological polar surface area (TPSA) is 18.5 Å². The highest BCUT2D eigenvalue weighted by molar-refractivity contribution is 5.47. The summed E-state index contributed by atoms with van der Waals surface area (Å²) in [7, 11) is 3.44. The summed E-state index contributed by atoms with van der Waals surface area (Å²) in [5.41, 5.74) is 3.72. The average Bonchev–Trinajstić information content (AvgIpc) is 2.37. The van der Waals surface area contributed by atoms with Gasteiger partial charge in [0.15, 0.2) is 0 Å². The van der Waals surface area contributed by atoms with Gasteiger partial charge in [0.2, 0.25) is 0 Å². The van der Waals surface area contributed by atoms with Gasteiger partial charge in [0.25, 0.3) is 0 Å². The average molecular weight is 262 g/mol. The molecule has 0 spiro atoms. The van der Waals surface area contributed by atoms with Crippen LogP contribution in [0.3, 0.4) is 0 Å². The van der Waals surface area contributed by atoms with E-state index in [4.69, 9.17) is 9.47 Å². The molecular formula is C17H26O2. The second kappa shape index (κ2) is 7.22. The van der Waals surface area contributed by atoms with E-state index >= 15 is 0 Å².